The molecule has 0 bridgehead atoms. The van der Waals surface area contributed by atoms with E-state index in [1.165, 1.54) is 0 Å². The molecule has 0 aromatic heterocycles. The lowest BCUT2D eigenvalue weighted by Gasteiger charge is -2.41. The first-order chi connectivity index (χ1) is 10.0. The van der Waals surface area contributed by atoms with E-state index in [0.717, 1.165) is 18.4 Å². The van der Waals surface area contributed by atoms with Crippen LogP contribution in [0.3, 0.4) is 0 Å². The van der Waals surface area contributed by atoms with Crippen LogP contribution >= 0.6 is 0 Å². The van der Waals surface area contributed by atoms with Gasteiger partial charge in [-0.1, -0.05) is 43.7 Å². The maximum Gasteiger partial charge on any atom is 0.245 e. The van der Waals surface area contributed by atoms with Gasteiger partial charge in [-0.3, -0.25) is 9.59 Å². The summed E-state index contributed by atoms with van der Waals surface area (Å²) in [7, 11) is 0. The number of nitrogens with one attached hydrogen (secondary N) is 1. The zero-order valence-corrected chi connectivity index (χ0v) is 13.0. The molecule has 4 heteroatoms. The van der Waals surface area contributed by atoms with Gasteiger partial charge in [0.05, 0.1) is 0 Å². The molecular weight excluding hydrogens is 264 g/mol. The van der Waals surface area contributed by atoms with Crippen molar-refractivity contribution < 1.29 is 9.59 Å². The van der Waals surface area contributed by atoms with Gasteiger partial charge in [-0.2, -0.15) is 0 Å². The van der Waals surface area contributed by atoms with Crippen molar-refractivity contribution in [3.8, 4) is 0 Å². The Morgan fingerprint density at radius 1 is 1.24 bits per heavy atom. The number of piperazine rings is 1. The molecule has 0 aliphatic carbocycles. The molecular formula is C17H24N2O2. The molecule has 0 saturated carbocycles. The first-order valence-electron chi connectivity index (χ1n) is 7.71. The smallest absolute Gasteiger partial charge is 0.245 e. The average molecular weight is 288 g/mol. The zero-order valence-electron chi connectivity index (χ0n) is 13.0. The third-order valence-corrected chi connectivity index (χ3v) is 4.08. The largest absolute Gasteiger partial charge is 0.343 e. The molecule has 2 rings (SSSR count). The average Bonchev–Trinajstić information content (AvgIpc) is 2.46. The van der Waals surface area contributed by atoms with E-state index in [1.54, 1.807) is 11.8 Å². The predicted molar refractivity (Wildman–Crippen MR) is 82.8 cm³/mol. The van der Waals surface area contributed by atoms with E-state index >= 15 is 0 Å². The molecule has 1 aliphatic rings. The Morgan fingerprint density at radius 3 is 2.52 bits per heavy atom. The Bertz CT molecular complexity index is 501. The second-order valence-electron chi connectivity index (χ2n) is 5.82. The van der Waals surface area contributed by atoms with Crippen molar-refractivity contribution in [2.75, 3.05) is 0 Å². The minimum atomic E-state index is -0.427. The van der Waals surface area contributed by atoms with Gasteiger partial charge in [-0.15, -0.1) is 0 Å². The van der Waals surface area contributed by atoms with Crippen LogP contribution in [0.15, 0.2) is 30.3 Å². The number of hydrogen-bond acceptors (Lipinski definition) is 2. The van der Waals surface area contributed by atoms with Crippen LogP contribution in [-0.4, -0.2) is 34.8 Å². The van der Waals surface area contributed by atoms with Crippen molar-refractivity contribution in [3.63, 3.8) is 0 Å². The monoisotopic (exact) mass is 288 g/mol. The molecule has 2 amide bonds. The first kappa shape index (κ1) is 15.5. The molecule has 3 unspecified atom stereocenters. The van der Waals surface area contributed by atoms with Gasteiger partial charge in [-0.25, -0.2) is 0 Å². The predicted octanol–water partition coefficient (Wildman–Crippen LogP) is 2.13. The minimum absolute atomic E-state index is 0.0245. The van der Waals surface area contributed by atoms with Crippen LogP contribution in [0, 0.1) is 0 Å². The standard InChI is InChI=1S/C17H24N2O2/c1-4-8-12(2)19-15(11-14-9-6-5-7-10-14)16(20)18-13(3)17(19)21/h5-7,9-10,12-13,15H,4,8,11H2,1-3H3,(H,18,20). The summed E-state index contributed by atoms with van der Waals surface area (Å²) in [6.45, 7) is 5.88. The van der Waals surface area contributed by atoms with Crippen molar-refractivity contribution in [2.45, 2.75) is 58.2 Å². The van der Waals surface area contributed by atoms with Crippen molar-refractivity contribution >= 4 is 11.8 Å². The van der Waals surface area contributed by atoms with Crippen LogP contribution in [0.4, 0.5) is 0 Å². The topological polar surface area (TPSA) is 49.4 Å². The molecule has 21 heavy (non-hydrogen) atoms. The van der Waals surface area contributed by atoms with Crippen LogP contribution in [0.25, 0.3) is 0 Å². The van der Waals surface area contributed by atoms with Gasteiger partial charge < -0.3 is 10.2 Å². The Kier molecular flexibility index (Phi) is 4.99. The van der Waals surface area contributed by atoms with E-state index in [1.807, 2.05) is 37.3 Å². The summed E-state index contributed by atoms with van der Waals surface area (Å²) in [6, 6.07) is 9.12. The number of nitrogens with zero attached hydrogens (tertiary/aromatic N) is 1. The summed E-state index contributed by atoms with van der Waals surface area (Å²) in [5.74, 6) is -0.0228. The van der Waals surface area contributed by atoms with E-state index in [4.69, 9.17) is 0 Å². The molecule has 1 aromatic rings. The van der Waals surface area contributed by atoms with Gasteiger partial charge in [0.2, 0.25) is 11.8 Å². The second kappa shape index (κ2) is 6.74. The molecule has 4 nitrogen and oxygen atoms in total. The summed E-state index contributed by atoms with van der Waals surface area (Å²) in [4.78, 5) is 26.7. The quantitative estimate of drug-likeness (QED) is 0.902. The van der Waals surface area contributed by atoms with Crippen LogP contribution in [0.5, 0.6) is 0 Å². The van der Waals surface area contributed by atoms with Gasteiger partial charge in [0.25, 0.3) is 0 Å². The Balaban J connectivity index is 2.24. The molecule has 1 aliphatic heterocycles. The Morgan fingerprint density at radius 2 is 1.90 bits per heavy atom. The summed E-state index contributed by atoms with van der Waals surface area (Å²) in [6.07, 6.45) is 2.48. The van der Waals surface area contributed by atoms with Crippen molar-refractivity contribution in [3.05, 3.63) is 35.9 Å². The molecule has 1 heterocycles. The van der Waals surface area contributed by atoms with Crippen molar-refractivity contribution in [2.24, 2.45) is 0 Å². The lowest BCUT2D eigenvalue weighted by molar-refractivity contribution is -0.151. The lowest BCUT2D eigenvalue weighted by Crippen LogP contribution is -2.65. The number of carbonyl (C=O) groups excluding carboxylic acids is 2. The molecule has 114 valence electrons. The number of benzene rings is 1. The highest BCUT2D eigenvalue weighted by atomic mass is 16.2. The lowest BCUT2D eigenvalue weighted by atomic mass is 9.97. The number of amides is 2. The van der Waals surface area contributed by atoms with Gasteiger partial charge in [0.15, 0.2) is 0 Å². The maximum atomic E-state index is 12.5. The SMILES string of the molecule is CCCC(C)N1C(=O)C(C)NC(=O)C1Cc1ccccc1. The molecule has 1 N–H and O–H groups in total. The third kappa shape index (κ3) is 3.43. The molecule has 0 radical (unpaired) electrons. The fraction of sp³-hybridized carbons (Fsp3) is 0.529. The summed E-state index contributed by atoms with van der Waals surface area (Å²) < 4.78 is 0. The van der Waals surface area contributed by atoms with Gasteiger partial charge in [0, 0.05) is 12.5 Å². The number of carbonyl (C=O) groups is 2. The Hall–Kier alpha value is -1.84. The first-order valence-corrected chi connectivity index (χ1v) is 7.71. The summed E-state index contributed by atoms with van der Waals surface area (Å²) in [5, 5.41) is 2.80. The molecule has 1 saturated heterocycles. The fourth-order valence-corrected chi connectivity index (χ4v) is 2.98. The molecule has 1 aromatic carbocycles. The van der Waals surface area contributed by atoms with E-state index < -0.39 is 12.1 Å². The normalized spacial score (nSPS) is 23.9. The minimum Gasteiger partial charge on any atom is -0.343 e. The van der Waals surface area contributed by atoms with E-state index in [-0.39, 0.29) is 17.9 Å². The number of rotatable bonds is 5. The number of hydrogen-bond donors (Lipinski definition) is 1. The highest BCUT2D eigenvalue weighted by Crippen LogP contribution is 2.20. The highest BCUT2D eigenvalue weighted by molar-refractivity contribution is 5.97. The summed E-state index contributed by atoms with van der Waals surface area (Å²) in [5.41, 5.74) is 1.08. The fourth-order valence-electron chi connectivity index (χ4n) is 2.98. The van der Waals surface area contributed by atoms with E-state index in [0.29, 0.717) is 6.42 Å². The Labute approximate surface area is 126 Å². The van der Waals surface area contributed by atoms with Gasteiger partial charge >= 0.3 is 0 Å². The third-order valence-electron chi connectivity index (χ3n) is 4.08. The molecule has 0 spiro atoms. The highest BCUT2D eigenvalue weighted by Gasteiger charge is 2.40. The van der Waals surface area contributed by atoms with Crippen LogP contribution in [0.2, 0.25) is 0 Å². The van der Waals surface area contributed by atoms with Gasteiger partial charge in [-0.05, 0) is 25.8 Å². The van der Waals surface area contributed by atoms with E-state index in [9.17, 15) is 9.59 Å². The zero-order chi connectivity index (χ0) is 15.4. The molecule has 3 atom stereocenters. The molecule has 1 fully saturated rings. The van der Waals surface area contributed by atoms with Crippen LogP contribution < -0.4 is 5.32 Å². The van der Waals surface area contributed by atoms with Crippen molar-refractivity contribution in [1.82, 2.24) is 10.2 Å². The van der Waals surface area contributed by atoms with Crippen LogP contribution in [0.1, 0.15) is 39.2 Å². The second-order valence-corrected chi connectivity index (χ2v) is 5.82. The maximum absolute atomic E-state index is 12.5. The van der Waals surface area contributed by atoms with Crippen LogP contribution in [-0.2, 0) is 16.0 Å². The van der Waals surface area contributed by atoms with Gasteiger partial charge in [0.1, 0.15) is 12.1 Å². The summed E-state index contributed by atoms with van der Waals surface area (Å²) >= 11 is 0. The van der Waals surface area contributed by atoms with E-state index in [2.05, 4.69) is 12.2 Å². The van der Waals surface area contributed by atoms with Crippen molar-refractivity contribution in [1.29, 1.82) is 0 Å².